The molecule has 1 aromatic heterocycles. The minimum Gasteiger partial charge on any atom is -0.469 e. The van der Waals surface area contributed by atoms with E-state index in [4.69, 9.17) is 5.73 Å². The summed E-state index contributed by atoms with van der Waals surface area (Å²) in [5.41, 5.74) is 7.13. The molecule has 0 spiro atoms. The topological polar surface area (TPSA) is 52.3 Å². The van der Waals surface area contributed by atoms with Gasteiger partial charge in [-0.25, -0.2) is 0 Å². The molecule has 1 unspecified atom stereocenters. The lowest BCUT2D eigenvalue weighted by Gasteiger charge is -2.09. The maximum atomic E-state index is 10.9. The van der Waals surface area contributed by atoms with Crippen LogP contribution in [0.5, 0.6) is 0 Å². The maximum absolute atomic E-state index is 10.9. The molecule has 1 rings (SSSR count). The van der Waals surface area contributed by atoms with Gasteiger partial charge in [0.05, 0.1) is 14.7 Å². The Hall–Kier alpha value is 0.0900. The first-order valence-corrected chi connectivity index (χ1v) is 7.22. The molecular weight excluding hydrogens is 358 g/mol. The number of ether oxygens (including phenoxy) is 1. The number of thiophene rings is 1. The largest absolute Gasteiger partial charge is 0.469 e. The fourth-order valence-electron chi connectivity index (χ4n) is 1.33. The zero-order chi connectivity index (χ0) is 12.1. The number of esters is 1. The van der Waals surface area contributed by atoms with Gasteiger partial charge in [0.2, 0.25) is 0 Å². The van der Waals surface area contributed by atoms with Crippen LogP contribution >= 0.6 is 43.2 Å². The van der Waals surface area contributed by atoms with E-state index in [-0.39, 0.29) is 12.0 Å². The highest BCUT2D eigenvalue weighted by atomic mass is 79.9. The summed E-state index contributed by atoms with van der Waals surface area (Å²) < 4.78 is 6.67. The zero-order valence-electron chi connectivity index (χ0n) is 8.83. The number of methoxy groups -OCH3 is 1. The zero-order valence-corrected chi connectivity index (χ0v) is 12.8. The summed E-state index contributed by atoms with van der Waals surface area (Å²) in [5, 5.41) is 0. The molecule has 0 aliphatic rings. The molecule has 3 nitrogen and oxygen atoms in total. The van der Waals surface area contributed by atoms with Crippen molar-refractivity contribution in [2.24, 2.45) is 5.73 Å². The molecule has 2 N–H and O–H groups in total. The summed E-state index contributed by atoms with van der Waals surface area (Å²) in [6.45, 7) is 0. The van der Waals surface area contributed by atoms with Crippen molar-refractivity contribution in [3.05, 3.63) is 19.2 Å². The molecule has 0 radical (unpaired) electrons. The highest BCUT2D eigenvalue weighted by Gasteiger charge is 2.13. The molecule has 0 aliphatic heterocycles. The van der Waals surface area contributed by atoms with Crippen molar-refractivity contribution in [2.75, 3.05) is 7.11 Å². The highest BCUT2D eigenvalue weighted by molar-refractivity contribution is 9.12. The SMILES string of the molecule is COC(=O)CCCC(N)c1cc(Br)sc1Br. The van der Waals surface area contributed by atoms with Crippen molar-refractivity contribution in [1.29, 1.82) is 0 Å². The summed E-state index contributed by atoms with van der Waals surface area (Å²) in [5.74, 6) is -0.183. The third kappa shape index (κ3) is 4.16. The maximum Gasteiger partial charge on any atom is 0.305 e. The lowest BCUT2D eigenvalue weighted by molar-refractivity contribution is -0.140. The quantitative estimate of drug-likeness (QED) is 0.805. The van der Waals surface area contributed by atoms with Crippen molar-refractivity contribution >= 4 is 49.2 Å². The summed E-state index contributed by atoms with van der Waals surface area (Å²) >= 11 is 8.49. The van der Waals surface area contributed by atoms with E-state index < -0.39 is 0 Å². The Morgan fingerprint density at radius 3 is 2.81 bits per heavy atom. The van der Waals surface area contributed by atoms with Crippen molar-refractivity contribution < 1.29 is 9.53 Å². The van der Waals surface area contributed by atoms with E-state index in [1.165, 1.54) is 7.11 Å². The number of carbonyl (C=O) groups excluding carboxylic acids is 1. The number of hydrogen-bond donors (Lipinski definition) is 1. The monoisotopic (exact) mass is 369 g/mol. The molecule has 6 heteroatoms. The summed E-state index contributed by atoms with van der Waals surface area (Å²) in [6, 6.07) is 1.97. The van der Waals surface area contributed by atoms with Crippen molar-refractivity contribution in [1.82, 2.24) is 0 Å². The second-order valence-electron chi connectivity index (χ2n) is 3.35. The van der Waals surface area contributed by atoms with Crippen LogP contribution in [-0.2, 0) is 9.53 Å². The molecule has 0 amide bonds. The van der Waals surface area contributed by atoms with Gasteiger partial charge >= 0.3 is 5.97 Å². The van der Waals surface area contributed by atoms with Crippen LogP contribution in [0.3, 0.4) is 0 Å². The molecule has 1 heterocycles. The molecule has 0 saturated heterocycles. The third-order valence-electron chi connectivity index (χ3n) is 2.21. The average molecular weight is 371 g/mol. The Kier molecular flexibility index (Phi) is 5.96. The minimum atomic E-state index is -0.183. The Labute approximate surface area is 116 Å². The first-order valence-electron chi connectivity index (χ1n) is 4.81. The molecule has 1 atom stereocenters. The summed E-state index contributed by atoms with van der Waals surface area (Å²) in [7, 11) is 1.40. The van der Waals surface area contributed by atoms with Crippen molar-refractivity contribution in [2.45, 2.75) is 25.3 Å². The van der Waals surface area contributed by atoms with Crippen LogP contribution in [-0.4, -0.2) is 13.1 Å². The smallest absolute Gasteiger partial charge is 0.305 e. The van der Waals surface area contributed by atoms with E-state index in [1.807, 2.05) is 6.07 Å². The first kappa shape index (κ1) is 14.2. The molecule has 0 fully saturated rings. The van der Waals surface area contributed by atoms with Crippen molar-refractivity contribution in [3.63, 3.8) is 0 Å². The van der Waals surface area contributed by atoms with Gasteiger partial charge in [0.25, 0.3) is 0 Å². The lowest BCUT2D eigenvalue weighted by Crippen LogP contribution is -2.10. The van der Waals surface area contributed by atoms with E-state index >= 15 is 0 Å². The predicted molar refractivity (Wildman–Crippen MR) is 72.5 cm³/mol. The molecule has 1 aromatic rings. The van der Waals surface area contributed by atoms with Gasteiger partial charge in [-0.15, -0.1) is 11.3 Å². The molecular formula is C10H13Br2NO2S. The van der Waals surface area contributed by atoms with Crippen LogP contribution in [0.4, 0.5) is 0 Å². The van der Waals surface area contributed by atoms with Crippen LogP contribution in [0.1, 0.15) is 30.9 Å². The second-order valence-corrected chi connectivity index (χ2v) is 7.10. The minimum absolute atomic E-state index is 0.0402. The van der Waals surface area contributed by atoms with Crippen LogP contribution in [0.15, 0.2) is 13.6 Å². The normalized spacial score (nSPS) is 12.5. The fourth-order valence-corrected chi connectivity index (χ4v) is 4.33. The summed E-state index contributed by atoms with van der Waals surface area (Å²) in [6.07, 6.45) is 1.94. The fraction of sp³-hybridized carbons (Fsp3) is 0.500. The summed E-state index contributed by atoms with van der Waals surface area (Å²) in [4.78, 5) is 10.9. The van der Waals surface area contributed by atoms with Gasteiger partial charge in [-0.05, 0) is 56.3 Å². The molecule has 0 aromatic carbocycles. The van der Waals surface area contributed by atoms with E-state index in [0.717, 1.165) is 26.0 Å². The van der Waals surface area contributed by atoms with Crippen LogP contribution in [0.25, 0.3) is 0 Å². The Balaban J connectivity index is 2.43. The van der Waals surface area contributed by atoms with E-state index in [2.05, 4.69) is 36.6 Å². The van der Waals surface area contributed by atoms with Gasteiger partial charge in [0, 0.05) is 12.5 Å². The highest BCUT2D eigenvalue weighted by Crippen LogP contribution is 2.36. The van der Waals surface area contributed by atoms with Crippen LogP contribution < -0.4 is 5.73 Å². The lowest BCUT2D eigenvalue weighted by atomic mass is 10.1. The van der Waals surface area contributed by atoms with Crippen LogP contribution in [0, 0.1) is 0 Å². The van der Waals surface area contributed by atoms with Gasteiger partial charge in [-0.3, -0.25) is 4.79 Å². The Bertz CT molecular complexity index is 368. The second kappa shape index (κ2) is 6.74. The standard InChI is InChI=1S/C10H13Br2NO2S/c1-15-9(14)4-2-3-7(13)6-5-8(11)16-10(6)12/h5,7H,2-4,13H2,1H3. The van der Waals surface area contributed by atoms with E-state index in [0.29, 0.717) is 6.42 Å². The average Bonchev–Trinajstić information content (AvgIpc) is 2.57. The van der Waals surface area contributed by atoms with Gasteiger partial charge in [0.15, 0.2) is 0 Å². The Morgan fingerprint density at radius 1 is 1.62 bits per heavy atom. The van der Waals surface area contributed by atoms with Crippen LogP contribution in [0.2, 0.25) is 0 Å². The molecule has 0 saturated carbocycles. The van der Waals surface area contributed by atoms with Gasteiger partial charge in [0.1, 0.15) is 0 Å². The predicted octanol–water partition coefficient (Wildman–Crippen LogP) is 3.62. The number of hydrogen-bond acceptors (Lipinski definition) is 4. The molecule has 0 aliphatic carbocycles. The number of nitrogens with two attached hydrogens (primary N) is 1. The number of rotatable bonds is 5. The van der Waals surface area contributed by atoms with E-state index in [9.17, 15) is 4.79 Å². The number of halogens is 2. The van der Waals surface area contributed by atoms with E-state index in [1.54, 1.807) is 11.3 Å². The molecule has 16 heavy (non-hydrogen) atoms. The number of carbonyl (C=O) groups is 1. The van der Waals surface area contributed by atoms with Gasteiger partial charge < -0.3 is 10.5 Å². The first-order chi connectivity index (χ1) is 7.54. The molecule has 90 valence electrons. The Morgan fingerprint density at radius 2 is 2.31 bits per heavy atom. The van der Waals surface area contributed by atoms with Crippen molar-refractivity contribution in [3.8, 4) is 0 Å². The van der Waals surface area contributed by atoms with Gasteiger partial charge in [-0.2, -0.15) is 0 Å². The third-order valence-corrected chi connectivity index (χ3v) is 4.59. The molecule has 0 bridgehead atoms. The van der Waals surface area contributed by atoms with Gasteiger partial charge in [-0.1, -0.05) is 0 Å².